The predicted molar refractivity (Wildman–Crippen MR) is 59.9 cm³/mol. The summed E-state index contributed by atoms with van der Waals surface area (Å²) in [5.74, 6) is 0.0417. The topological polar surface area (TPSA) is 55.1 Å². The zero-order chi connectivity index (χ0) is 11.2. The largest absolute Gasteiger partial charge is 0.352 e. The fourth-order valence-corrected chi connectivity index (χ4v) is 0.959. The second kappa shape index (κ2) is 5.81. The third-order valence-electron chi connectivity index (χ3n) is 2.55. The summed E-state index contributed by atoms with van der Waals surface area (Å²) in [5, 5.41) is 2.86. The van der Waals surface area contributed by atoms with E-state index in [2.05, 4.69) is 5.32 Å². The first kappa shape index (κ1) is 13.2. The third-order valence-corrected chi connectivity index (χ3v) is 2.55. The summed E-state index contributed by atoms with van der Waals surface area (Å²) < 4.78 is 0. The summed E-state index contributed by atoms with van der Waals surface area (Å²) in [6.07, 6.45) is 2.76. The summed E-state index contributed by atoms with van der Waals surface area (Å²) in [5.41, 5.74) is 6.36. The van der Waals surface area contributed by atoms with Crippen LogP contribution in [0.25, 0.3) is 0 Å². The van der Waals surface area contributed by atoms with Crippen LogP contribution in [0.15, 0.2) is 11.6 Å². The predicted octanol–water partition coefficient (Wildman–Crippen LogP) is 1.44. The van der Waals surface area contributed by atoms with E-state index in [4.69, 9.17) is 5.73 Å². The first-order valence-corrected chi connectivity index (χ1v) is 5.08. The second-order valence-corrected chi connectivity index (χ2v) is 4.11. The molecule has 0 bridgehead atoms. The minimum atomic E-state index is -0.421. The molecule has 0 aliphatic carbocycles. The fourth-order valence-electron chi connectivity index (χ4n) is 0.959. The van der Waals surface area contributed by atoms with Crippen LogP contribution in [0.2, 0.25) is 0 Å². The van der Waals surface area contributed by atoms with Gasteiger partial charge >= 0.3 is 0 Å². The number of nitrogens with two attached hydrogens (primary N) is 1. The van der Waals surface area contributed by atoms with E-state index in [1.807, 2.05) is 33.8 Å². The first-order valence-electron chi connectivity index (χ1n) is 5.08. The number of carbonyl (C=O) groups excluding carboxylic acids is 1. The Morgan fingerprint density at radius 3 is 2.43 bits per heavy atom. The molecule has 3 heteroatoms. The van der Waals surface area contributed by atoms with E-state index in [-0.39, 0.29) is 5.91 Å². The molecule has 3 nitrogen and oxygen atoms in total. The Balaban J connectivity index is 4.13. The van der Waals surface area contributed by atoms with Gasteiger partial charge in [-0.05, 0) is 27.2 Å². The van der Waals surface area contributed by atoms with E-state index in [1.165, 1.54) is 5.57 Å². The van der Waals surface area contributed by atoms with Crippen molar-refractivity contribution in [2.24, 2.45) is 11.1 Å². The zero-order valence-corrected chi connectivity index (χ0v) is 9.68. The Morgan fingerprint density at radius 2 is 2.07 bits per heavy atom. The van der Waals surface area contributed by atoms with Crippen molar-refractivity contribution in [2.45, 2.75) is 34.1 Å². The molecule has 3 N–H and O–H groups in total. The lowest BCUT2D eigenvalue weighted by molar-refractivity contribution is -0.129. The van der Waals surface area contributed by atoms with Crippen LogP contribution < -0.4 is 11.1 Å². The van der Waals surface area contributed by atoms with Crippen LogP contribution in [0.1, 0.15) is 34.1 Å². The van der Waals surface area contributed by atoms with Crippen molar-refractivity contribution in [2.75, 3.05) is 13.1 Å². The molecule has 0 aromatic carbocycles. The van der Waals surface area contributed by atoms with Gasteiger partial charge in [0, 0.05) is 13.1 Å². The van der Waals surface area contributed by atoms with Crippen molar-refractivity contribution in [1.82, 2.24) is 5.32 Å². The van der Waals surface area contributed by atoms with Gasteiger partial charge in [-0.15, -0.1) is 0 Å². The SMILES string of the molecule is CCC(C)(CN)C(=O)NCC=C(C)C. The number of allylic oxidation sites excluding steroid dienone is 1. The molecule has 0 aliphatic heterocycles. The highest BCUT2D eigenvalue weighted by Crippen LogP contribution is 2.18. The van der Waals surface area contributed by atoms with E-state index < -0.39 is 5.41 Å². The summed E-state index contributed by atoms with van der Waals surface area (Å²) in [6.45, 7) is 8.88. The molecule has 0 spiro atoms. The molecule has 0 saturated carbocycles. The quantitative estimate of drug-likeness (QED) is 0.657. The molecule has 1 amide bonds. The molecule has 0 aliphatic rings. The van der Waals surface area contributed by atoms with Crippen molar-refractivity contribution in [1.29, 1.82) is 0 Å². The summed E-state index contributed by atoms with van der Waals surface area (Å²) in [4.78, 5) is 11.7. The van der Waals surface area contributed by atoms with Gasteiger partial charge < -0.3 is 11.1 Å². The molecule has 0 rings (SSSR count). The number of hydrogen-bond acceptors (Lipinski definition) is 2. The maximum absolute atomic E-state index is 11.7. The van der Waals surface area contributed by atoms with Gasteiger partial charge in [-0.2, -0.15) is 0 Å². The number of nitrogens with one attached hydrogen (secondary N) is 1. The minimum Gasteiger partial charge on any atom is -0.352 e. The lowest BCUT2D eigenvalue weighted by Gasteiger charge is -2.24. The average Bonchev–Trinajstić information content (AvgIpc) is 2.15. The standard InChI is InChI=1S/C11H22N2O/c1-5-11(4,8-12)10(14)13-7-6-9(2)3/h6H,5,7-8,12H2,1-4H3,(H,13,14). The minimum absolute atomic E-state index is 0.0417. The first-order chi connectivity index (χ1) is 6.46. The molecular weight excluding hydrogens is 176 g/mol. The van der Waals surface area contributed by atoms with E-state index in [0.29, 0.717) is 13.1 Å². The second-order valence-electron chi connectivity index (χ2n) is 4.11. The molecule has 82 valence electrons. The number of amides is 1. The molecule has 0 aromatic heterocycles. The fraction of sp³-hybridized carbons (Fsp3) is 0.727. The van der Waals surface area contributed by atoms with E-state index >= 15 is 0 Å². The molecule has 1 unspecified atom stereocenters. The Labute approximate surface area is 86.8 Å². The monoisotopic (exact) mass is 198 g/mol. The molecule has 0 saturated heterocycles. The zero-order valence-electron chi connectivity index (χ0n) is 9.68. The highest BCUT2D eigenvalue weighted by atomic mass is 16.2. The highest BCUT2D eigenvalue weighted by molar-refractivity contribution is 5.82. The molecule has 14 heavy (non-hydrogen) atoms. The van der Waals surface area contributed by atoms with Crippen LogP contribution in [0.3, 0.4) is 0 Å². The summed E-state index contributed by atoms with van der Waals surface area (Å²) in [7, 11) is 0. The van der Waals surface area contributed by atoms with Gasteiger partial charge in [0.25, 0.3) is 0 Å². The molecule has 0 heterocycles. The van der Waals surface area contributed by atoms with Gasteiger partial charge in [0.15, 0.2) is 0 Å². The van der Waals surface area contributed by atoms with Crippen LogP contribution in [0, 0.1) is 5.41 Å². The van der Waals surface area contributed by atoms with Crippen LogP contribution in [-0.2, 0) is 4.79 Å². The lowest BCUT2D eigenvalue weighted by Crippen LogP contribution is -2.43. The van der Waals surface area contributed by atoms with Crippen molar-refractivity contribution < 1.29 is 4.79 Å². The van der Waals surface area contributed by atoms with Gasteiger partial charge in [0.05, 0.1) is 5.41 Å². The summed E-state index contributed by atoms with van der Waals surface area (Å²) >= 11 is 0. The Hall–Kier alpha value is -0.830. The van der Waals surface area contributed by atoms with Gasteiger partial charge in [-0.1, -0.05) is 18.6 Å². The van der Waals surface area contributed by atoms with Crippen molar-refractivity contribution in [3.8, 4) is 0 Å². The smallest absolute Gasteiger partial charge is 0.227 e. The van der Waals surface area contributed by atoms with Crippen LogP contribution in [-0.4, -0.2) is 19.0 Å². The van der Waals surface area contributed by atoms with Gasteiger partial charge in [-0.3, -0.25) is 4.79 Å². The maximum atomic E-state index is 11.7. The maximum Gasteiger partial charge on any atom is 0.227 e. The highest BCUT2D eigenvalue weighted by Gasteiger charge is 2.28. The van der Waals surface area contributed by atoms with E-state index in [0.717, 1.165) is 6.42 Å². The van der Waals surface area contributed by atoms with Crippen LogP contribution in [0.4, 0.5) is 0 Å². The van der Waals surface area contributed by atoms with E-state index in [9.17, 15) is 4.79 Å². The van der Waals surface area contributed by atoms with Crippen LogP contribution >= 0.6 is 0 Å². The molecular formula is C11H22N2O. The summed E-state index contributed by atoms with van der Waals surface area (Å²) in [6, 6.07) is 0. The van der Waals surface area contributed by atoms with Crippen molar-refractivity contribution >= 4 is 5.91 Å². The van der Waals surface area contributed by atoms with Gasteiger partial charge in [0.2, 0.25) is 5.91 Å². The lowest BCUT2D eigenvalue weighted by atomic mass is 9.87. The molecule has 1 atom stereocenters. The molecule has 0 radical (unpaired) electrons. The van der Waals surface area contributed by atoms with Gasteiger partial charge in [0.1, 0.15) is 0 Å². The van der Waals surface area contributed by atoms with Crippen molar-refractivity contribution in [3.63, 3.8) is 0 Å². The average molecular weight is 198 g/mol. The normalized spacial score (nSPS) is 14.4. The van der Waals surface area contributed by atoms with E-state index in [1.54, 1.807) is 0 Å². The number of carbonyl (C=O) groups is 1. The van der Waals surface area contributed by atoms with Crippen LogP contribution in [0.5, 0.6) is 0 Å². The Kier molecular flexibility index (Phi) is 5.46. The molecule has 0 aromatic rings. The Morgan fingerprint density at radius 1 is 1.50 bits per heavy atom. The molecule has 0 fully saturated rings. The number of hydrogen-bond donors (Lipinski definition) is 2. The van der Waals surface area contributed by atoms with Gasteiger partial charge in [-0.25, -0.2) is 0 Å². The Bertz CT molecular complexity index is 213. The number of rotatable bonds is 5. The van der Waals surface area contributed by atoms with Crippen molar-refractivity contribution in [3.05, 3.63) is 11.6 Å². The third kappa shape index (κ3) is 3.92.